The molecule has 0 aliphatic carbocycles. The van der Waals surface area contributed by atoms with E-state index in [0.717, 1.165) is 12.2 Å². The molecule has 17 heavy (non-hydrogen) atoms. The number of nitrogens with one attached hydrogen (secondary N) is 1. The van der Waals surface area contributed by atoms with Crippen molar-refractivity contribution in [2.75, 3.05) is 20.3 Å². The lowest BCUT2D eigenvalue weighted by Gasteiger charge is -2.14. The lowest BCUT2D eigenvalue weighted by atomic mass is 10.3. The van der Waals surface area contributed by atoms with Crippen LogP contribution >= 0.6 is 11.6 Å². The van der Waals surface area contributed by atoms with Crippen molar-refractivity contribution >= 4 is 11.6 Å². The summed E-state index contributed by atoms with van der Waals surface area (Å²) in [6, 6.07) is 3.57. The number of nitrogens with zero attached hydrogens (tertiary/aromatic N) is 1. The molecule has 1 N–H and O–H groups in total. The van der Waals surface area contributed by atoms with Crippen LogP contribution in [0, 0.1) is 0 Å². The first-order valence-corrected chi connectivity index (χ1v) is 6.06. The third-order valence-electron chi connectivity index (χ3n) is 2.16. The van der Waals surface area contributed by atoms with Crippen molar-refractivity contribution in [2.45, 2.75) is 26.5 Å². The minimum atomic E-state index is -0.0272. The predicted octanol–water partition coefficient (Wildman–Crippen LogP) is 2.26. The van der Waals surface area contributed by atoms with Crippen LogP contribution in [0.25, 0.3) is 0 Å². The van der Waals surface area contributed by atoms with Crippen LogP contribution in [-0.2, 0) is 11.3 Å². The first-order chi connectivity index (χ1) is 8.17. The molecule has 0 radical (unpaired) electrons. The Morgan fingerprint density at radius 2 is 2.24 bits per heavy atom. The largest absolute Gasteiger partial charge is 0.472 e. The summed E-state index contributed by atoms with van der Waals surface area (Å²) >= 11 is 6.05. The molecule has 0 saturated carbocycles. The van der Waals surface area contributed by atoms with Crippen molar-refractivity contribution in [1.29, 1.82) is 0 Å². The third kappa shape index (κ3) is 4.89. The number of aromatic nitrogens is 1. The van der Waals surface area contributed by atoms with Crippen LogP contribution in [0.2, 0.25) is 5.02 Å². The van der Waals surface area contributed by atoms with Gasteiger partial charge in [-0.25, -0.2) is 4.98 Å². The van der Waals surface area contributed by atoms with Crippen molar-refractivity contribution in [3.63, 3.8) is 0 Å². The average molecular weight is 259 g/mol. The maximum absolute atomic E-state index is 6.05. The smallest absolute Gasteiger partial charge is 0.213 e. The summed E-state index contributed by atoms with van der Waals surface area (Å²) in [4.78, 5) is 4.36. The molecule has 0 spiro atoms. The minimum absolute atomic E-state index is 0.0272. The van der Waals surface area contributed by atoms with E-state index in [4.69, 9.17) is 21.1 Å². The van der Waals surface area contributed by atoms with E-state index < -0.39 is 0 Å². The fourth-order valence-corrected chi connectivity index (χ4v) is 1.54. The number of ether oxygens (including phenoxy) is 2. The maximum Gasteiger partial charge on any atom is 0.213 e. The molecule has 1 aromatic rings. The molecule has 1 rings (SSSR count). The van der Waals surface area contributed by atoms with Crippen LogP contribution < -0.4 is 10.1 Å². The Morgan fingerprint density at radius 1 is 1.47 bits per heavy atom. The van der Waals surface area contributed by atoms with Crippen molar-refractivity contribution in [2.24, 2.45) is 0 Å². The van der Waals surface area contributed by atoms with Gasteiger partial charge >= 0.3 is 0 Å². The van der Waals surface area contributed by atoms with Crippen molar-refractivity contribution in [1.82, 2.24) is 10.3 Å². The molecule has 0 aliphatic rings. The van der Waals surface area contributed by atoms with Gasteiger partial charge in [-0.1, -0.05) is 18.5 Å². The van der Waals surface area contributed by atoms with Crippen LogP contribution in [0.3, 0.4) is 0 Å². The quantitative estimate of drug-likeness (QED) is 0.815. The normalized spacial score (nSPS) is 12.5. The molecule has 1 unspecified atom stereocenters. The fourth-order valence-electron chi connectivity index (χ4n) is 1.37. The zero-order valence-corrected chi connectivity index (χ0v) is 11.3. The van der Waals surface area contributed by atoms with E-state index in [-0.39, 0.29) is 6.10 Å². The van der Waals surface area contributed by atoms with E-state index in [2.05, 4.69) is 10.3 Å². The summed E-state index contributed by atoms with van der Waals surface area (Å²) in [5.74, 6) is 0.576. The molecule has 0 fully saturated rings. The Labute approximate surface area is 107 Å². The maximum atomic E-state index is 6.05. The van der Waals surface area contributed by atoms with Gasteiger partial charge in [0.2, 0.25) is 5.88 Å². The van der Waals surface area contributed by atoms with E-state index in [1.807, 2.05) is 13.8 Å². The SMILES string of the molecule is CCNCc1nc(OC(C)COC)ccc1Cl. The van der Waals surface area contributed by atoms with Crippen LogP contribution in [0.5, 0.6) is 5.88 Å². The Balaban J connectivity index is 2.67. The van der Waals surface area contributed by atoms with Crippen molar-refractivity contribution < 1.29 is 9.47 Å². The van der Waals surface area contributed by atoms with Gasteiger partial charge in [0.25, 0.3) is 0 Å². The van der Waals surface area contributed by atoms with Gasteiger partial charge in [-0.15, -0.1) is 0 Å². The number of rotatable bonds is 7. The van der Waals surface area contributed by atoms with Gasteiger partial charge in [-0.2, -0.15) is 0 Å². The fraction of sp³-hybridized carbons (Fsp3) is 0.583. The highest BCUT2D eigenvalue weighted by Gasteiger charge is 2.07. The highest BCUT2D eigenvalue weighted by atomic mass is 35.5. The summed E-state index contributed by atoms with van der Waals surface area (Å²) in [7, 11) is 1.64. The van der Waals surface area contributed by atoms with Crippen LogP contribution in [0.15, 0.2) is 12.1 Å². The Hall–Kier alpha value is -0.840. The topological polar surface area (TPSA) is 43.4 Å². The van der Waals surface area contributed by atoms with Gasteiger partial charge in [0.15, 0.2) is 0 Å². The molecule has 1 heterocycles. The Bertz CT molecular complexity index is 347. The number of methoxy groups -OCH3 is 1. The second-order valence-corrected chi connectivity index (χ2v) is 4.15. The van der Waals surface area contributed by atoms with Gasteiger partial charge in [-0.3, -0.25) is 0 Å². The number of hydrogen-bond acceptors (Lipinski definition) is 4. The van der Waals surface area contributed by atoms with Gasteiger partial charge in [-0.05, 0) is 19.5 Å². The van der Waals surface area contributed by atoms with E-state index in [0.29, 0.717) is 24.1 Å². The van der Waals surface area contributed by atoms with E-state index >= 15 is 0 Å². The molecular weight excluding hydrogens is 240 g/mol. The predicted molar refractivity (Wildman–Crippen MR) is 68.6 cm³/mol. The zero-order valence-electron chi connectivity index (χ0n) is 10.5. The lowest BCUT2D eigenvalue weighted by molar-refractivity contribution is 0.0888. The molecule has 0 aromatic carbocycles. The summed E-state index contributed by atoms with van der Waals surface area (Å²) in [5.41, 5.74) is 0.802. The van der Waals surface area contributed by atoms with E-state index in [1.54, 1.807) is 19.2 Å². The highest BCUT2D eigenvalue weighted by Crippen LogP contribution is 2.18. The Kier molecular flexibility index (Phi) is 6.26. The van der Waals surface area contributed by atoms with Gasteiger partial charge < -0.3 is 14.8 Å². The van der Waals surface area contributed by atoms with Crippen LogP contribution in [0.4, 0.5) is 0 Å². The summed E-state index contributed by atoms with van der Waals surface area (Å²) in [6.07, 6.45) is -0.0272. The van der Waals surface area contributed by atoms with E-state index in [9.17, 15) is 0 Å². The molecular formula is C12H19ClN2O2. The van der Waals surface area contributed by atoms with Gasteiger partial charge in [0.1, 0.15) is 6.10 Å². The lowest BCUT2D eigenvalue weighted by Crippen LogP contribution is -2.19. The highest BCUT2D eigenvalue weighted by molar-refractivity contribution is 6.31. The molecule has 96 valence electrons. The zero-order chi connectivity index (χ0) is 12.7. The average Bonchev–Trinajstić information content (AvgIpc) is 2.30. The number of halogens is 1. The molecule has 0 aliphatic heterocycles. The van der Waals surface area contributed by atoms with Crippen molar-refractivity contribution in [3.8, 4) is 5.88 Å². The molecule has 0 bridgehead atoms. The Morgan fingerprint density at radius 3 is 2.88 bits per heavy atom. The standard InChI is InChI=1S/C12H19ClN2O2/c1-4-14-7-11-10(13)5-6-12(15-11)17-9(2)8-16-3/h5-6,9,14H,4,7-8H2,1-3H3. The first kappa shape index (κ1) is 14.2. The summed E-state index contributed by atoms with van der Waals surface area (Å²) in [5, 5.41) is 3.83. The monoisotopic (exact) mass is 258 g/mol. The van der Waals surface area contributed by atoms with Crippen LogP contribution in [0.1, 0.15) is 19.5 Å². The van der Waals surface area contributed by atoms with E-state index in [1.165, 1.54) is 0 Å². The molecule has 5 heteroatoms. The van der Waals surface area contributed by atoms with Gasteiger partial charge in [0, 0.05) is 19.7 Å². The molecule has 0 saturated heterocycles. The molecule has 1 atom stereocenters. The molecule has 4 nitrogen and oxygen atoms in total. The first-order valence-electron chi connectivity index (χ1n) is 5.69. The van der Waals surface area contributed by atoms with Crippen molar-refractivity contribution in [3.05, 3.63) is 22.8 Å². The third-order valence-corrected chi connectivity index (χ3v) is 2.50. The molecule has 0 amide bonds. The summed E-state index contributed by atoms with van der Waals surface area (Å²) < 4.78 is 10.6. The number of pyridine rings is 1. The second kappa shape index (κ2) is 7.48. The number of hydrogen-bond donors (Lipinski definition) is 1. The minimum Gasteiger partial charge on any atom is -0.472 e. The molecule has 1 aromatic heterocycles. The van der Waals surface area contributed by atoms with Gasteiger partial charge in [0.05, 0.1) is 17.3 Å². The summed E-state index contributed by atoms with van der Waals surface area (Å²) in [6.45, 7) is 6.03. The second-order valence-electron chi connectivity index (χ2n) is 3.74. The van der Waals surface area contributed by atoms with Crippen LogP contribution in [-0.4, -0.2) is 31.3 Å².